The third kappa shape index (κ3) is 1.70. The van der Waals surface area contributed by atoms with Crippen molar-refractivity contribution in [2.45, 2.75) is 19.3 Å². The molecule has 84 valence electrons. The number of benzene rings is 1. The lowest BCUT2D eigenvalue weighted by Crippen LogP contribution is -2.28. The summed E-state index contributed by atoms with van der Waals surface area (Å²) in [7, 11) is 0. The van der Waals surface area contributed by atoms with Crippen LogP contribution in [0.2, 0.25) is 5.02 Å². The van der Waals surface area contributed by atoms with Crippen LogP contribution in [0.4, 0.5) is 0 Å². The maximum Gasteiger partial charge on any atom is 0.313 e. The summed E-state index contributed by atoms with van der Waals surface area (Å²) >= 11 is 7.42. The van der Waals surface area contributed by atoms with E-state index in [1.807, 2.05) is 17.5 Å². The predicted octanol–water partition coefficient (Wildman–Crippen LogP) is 3.92. The lowest BCUT2D eigenvalue weighted by atomic mass is 9.85. The molecule has 2 rings (SSSR count). The molecule has 0 unspecified atom stereocenters. The molecule has 0 saturated heterocycles. The highest BCUT2D eigenvalue weighted by molar-refractivity contribution is 7.17. The van der Waals surface area contributed by atoms with Crippen LogP contribution in [0, 0.1) is 0 Å². The summed E-state index contributed by atoms with van der Waals surface area (Å²) in [6, 6.07) is 5.54. The van der Waals surface area contributed by atoms with Crippen LogP contribution in [-0.4, -0.2) is 11.1 Å². The molecule has 0 aliphatic carbocycles. The van der Waals surface area contributed by atoms with Crippen LogP contribution >= 0.6 is 22.9 Å². The number of carboxylic acids is 1. The van der Waals surface area contributed by atoms with Gasteiger partial charge in [-0.2, -0.15) is 0 Å². The number of aliphatic carboxylic acids is 1. The Bertz CT molecular complexity index is 557. The SMILES string of the molecule is CC(C)(C(=O)O)c1csc2cc(Cl)ccc12. The lowest BCUT2D eigenvalue weighted by Gasteiger charge is -2.18. The van der Waals surface area contributed by atoms with Gasteiger partial charge in [0.25, 0.3) is 0 Å². The fourth-order valence-electron chi connectivity index (χ4n) is 1.60. The first kappa shape index (κ1) is 11.4. The summed E-state index contributed by atoms with van der Waals surface area (Å²) < 4.78 is 1.02. The summed E-state index contributed by atoms with van der Waals surface area (Å²) in [5.41, 5.74) is -0.0248. The molecule has 1 N–H and O–H groups in total. The van der Waals surface area contributed by atoms with E-state index in [1.165, 1.54) is 11.3 Å². The van der Waals surface area contributed by atoms with E-state index in [-0.39, 0.29) is 0 Å². The zero-order chi connectivity index (χ0) is 11.9. The zero-order valence-corrected chi connectivity index (χ0v) is 10.5. The van der Waals surface area contributed by atoms with Crippen LogP contribution in [0.3, 0.4) is 0 Å². The van der Waals surface area contributed by atoms with Gasteiger partial charge in [0, 0.05) is 9.72 Å². The number of fused-ring (bicyclic) bond motifs is 1. The van der Waals surface area contributed by atoms with Crippen LogP contribution in [-0.2, 0) is 10.2 Å². The van der Waals surface area contributed by atoms with Crippen LogP contribution in [0.15, 0.2) is 23.6 Å². The first-order valence-electron chi connectivity index (χ1n) is 4.83. The monoisotopic (exact) mass is 254 g/mol. The molecular formula is C12H11ClO2S. The van der Waals surface area contributed by atoms with Gasteiger partial charge in [-0.3, -0.25) is 4.79 Å². The molecule has 0 saturated carbocycles. The average molecular weight is 255 g/mol. The van der Waals surface area contributed by atoms with Crippen molar-refractivity contribution in [1.82, 2.24) is 0 Å². The Balaban J connectivity index is 2.67. The molecule has 0 radical (unpaired) electrons. The van der Waals surface area contributed by atoms with E-state index in [1.54, 1.807) is 19.9 Å². The summed E-state index contributed by atoms with van der Waals surface area (Å²) in [6.07, 6.45) is 0. The largest absolute Gasteiger partial charge is 0.481 e. The van der Waals surface area contributed by atoms with Gasteiger partial charge in [-0.15, -0.1) is 11.3 Å². The van der Waals surface area contributed by atoms with Crippen molar-refractivity contribution in [3.05, 3.63) is 34.2 Å². The quantitative estimate of drug-likeness (QED) is 0.882. The summed E-state index contributed by atoms with van der Waals surface area (Å²) in [5, 5.41) is 12.8. The van der Waals surface area contributed by atoms with E-state index in [0.717, 1.165) is 15.6 Å². The number of hydrogen-bond acceptors (Lipinski definition) is 2. The van der Waals surface area contributed by atoms with Crippen molar-refractivity contribution in [2.75, 3.05) is 0 Å². The van der Waals surface area contributed by atoms with Gasteiger partial charge in [-0.25, -0.2) is 0 Å². The van der Waals surface area contributed by atoms with E-state index in [0.29, 0.717) is 5.02 Å². The first-order valence-corrected chi connectivity index (χ1v) is 6.09. The van der Waals surface area contributed by atoms with Crippen molar-refractivity contribution in [3.63, 3.8) is 0 Å². The molecular weight excluding hydrogens is 244 g/mol. The smallest absolute Gasteiger partial charge is 0.313 e. The van der Waals surface area contributed by atoms with Crippen molar-refractivity contribution >= 4 is 39.0 Å². The Morgan fingerprint density at radius 3 is 2.75 bits per heavy atom. The third-order valence-corrected chi connectivity index (χ3v) is 3.93. The fourth-order valence-corrected chi connectivity index (χ4v) is 3.00. The van der Waals surface area contributed by atoms with Crippen LogP contribution in [0.5, 0.6) is 0 Å². The van der Waals surface area contributed by atoms with Crippen LogP contribution < -0.4 is 0 Å². The maximum atomic E-state index is 11.2. The highest BCUT2D eigenvalue weighted by Gasteiger charge is 2.31. The molecule has 0 fully saturated rings. The van der Waals surface area contributed by atoms with Gasteiger partial charge in [0.2, 0.25) is 0 Å². The van der Waals surface area contributed by atoms with E-state index < -0.39 is 11.4 Å². The molecule has 1 aromatic carbocycles. The Labute approximate surface area is 102 Å². The Kier molecular flexibility index (Phi) is 2.68. The van der Waals surface area contributed by atoms with Gasteiger partial charge in [-0.1, -0.05) is 17.7 Å². The lowest BCUT2D eigenvalue weighted by molar-refractivity contribution is -0.142. The zero-order valence-electron chi connectivity index (χ0n) is 8.95. The molecule has 0 spiro atoms. The van der Waals surface area contributed by atoms with Gasteiger partial charge in [0.1, 0.15) is 0 Å². The number of thiophene rings is 1. The van der Waals surface area contributed by atoms with Crippen LogP contribution in [0.1, 0.15) is 19.4 Å². The second-order valence-corrected chi connectivity index (χ2v) is 5.57. The van der Waals surface area contributed by atoms with Gasteiger partial charge in [0.05, 0.1) is 5.41 Å². The summed E-state index contributed by atoms with van der Waals surface area (Å²) in [4.78, 5) is 11.2. The van der Waals surface area contributed by atoms with E-state index >= 15 is 0 Å². The molecule has 0 bridgehead atoms. The van der Waals surface area contributed by atoms with Crippen LogP contribution in [0.25, 0.3) is 10.1 Å². The molecule has 0 atom stereocenters. The van der Waals surface area contributed by atoms with Crippen molar-refractivity contribution in [2.24, 2.45) is 0 Å². The fraction of sp³-hybridized carbons (Fsp3) is 0.250. The highest BCUT2D eigenvalue weighted by Crippen LogP contribution is 2.36. The normalized spacial score (nSPS) is 11.9. The van der Waals surface area contributed by atoms with Gasteiger partial charge in [-0.05, 0) is 42.3 Å². The molecule has 2 nitrogen and oxygen atoms in total. The number of carboxylic acid groups (broad SMARTS) is 1. The predicted molar refractivity (Wildman–Crippen MR) is 67.5 cm³/mol. The number of carbonyl (C=O) groups is 1. The third-order valence-electron chi connectivity index (χ3n) is 2.75. The van der Waals surface area contributed by atoms with E-state index in [2.05, 4.69) is 0 Å². The topological polar surface area (TPSA) is 37.3 Å². The Morgan fingerprint density at radius 1 is 1.44 bits per heavy atom. The second kappa shape index (κ2) is 3.75. The van der Waals surface area contributed by atoms with E-state index in [4.69, 9.17) is 11.6 Å². The highest BCUT2D eigenvalue weighted by atomic mass is 35.5. The first-order chi connectivity index (χ1) is 7.43. The Hall–Kier alpha value is -1.06. The Morgan fingerprint density at radius 2 is 2.12 bits per heavy atom. The van der Waals surface area contributed by atoms with Gasteiger partial charge >= 0.3 is 5.97 Å². The van der Waals surface area contributed by atoms with Crippen molar-refractivity contribution < 1.29 is 9.90 Å². The molecule has 1 heterocycles. The maximum absolute atomic E-state index is 11.2. The number of halogens is 1. The second-order valence-electron chi connectivity index (χ2n) is 4.22. The standard InChI is InChI=1S/C12H11ClO2S/c1-12(2,11(14)15)9-6-16-10-5-7(13)3-4-8(9)10/h3-6H,1-2H3,(H,14,15). The summed E-state index contributed by atoms with van der Waals surface area (Å²) in [6.45, 7) is 3.43. The number of rotatable bonds is 2. The molecule has 2 aromatic rings. The van der Waals surface area contributed by atoms with E-state index in [9.17, 15) is 9.90 Å². The van der Waals surface area contributed by atoms with Crippen molar-refractivity contribution in [3.8, 4) is 0 Å². The summed E-state index contributed by atoms with van der Waals surface area (Å²) in [5.74, 6) is -0.817. The molecule has 0 aliphatic heterocycles. The van der Waals surface area contributed by atoms with Gasteiger partial charge < -0.3 is 5.11 Å². The molecule has 0 amide bonds. The minimum Gasteiger partial charge on any atom is -0.481 e. The number of hydrogen-bond donors (Lipinski definition) is 1. The minimum absolute atomic E-state index is 0.675. The molecule has 1 aromatic heterocycles. The average Bonchev–Trinajstić information content (AvgIpc) is 2.60. The van der Waals surface area contributed by atoms with Crippen molar-refractivity contribution in [1.29, 1.82) is 0 Å². The molecule has 0 aliphatic rings. The molecule has 4 heteroatoms. The minimum atomic E-state index is -0.869. The molecule has 16 heavy (non-hydrogen) atoms. The van der Waals surface area contributed by atoms with Gasteiger partial charge in [0.15, 0.2) is 0 Å².